The molecule has 2 N–H and O–H groups in total. The number of rotatable bonds is 6. The second-order valence-corrected chi connectivity index (χ2v) is 8.31. The van der Waals surface area contributed by atoms with Crippen LogP contribution in [0.15, 0.2) is 91.1 Å². The average molecular weight is 435 g/mol. The molecule has 0 atom stereocenters. The number of ether oxygens (including phenoxy) is 1. The molecular weight excluding hydrogens is 408 g/mol. The fourth-order valence-corrected chi connectivity index (χ4v) is 4.52. The maximum absolute atomic E-state index is 11.9. The van der Waals surface area contributed by atoms with Crippen molar-refractivity contribution in [3.05, 3.63) is 108 Å². The van der Waals surface area contributed by atoms with Gasteiger partial charge >= 0.3 is 5.97 Å². The molecule has 0 unspecified atom stereocenters. The molecule has 1 aromatic heterocycles. The lowest BCUT2D eigenvalue weighted by Crippen LogP contribution is -2.04. The molecule has 0 aliphatic rings. The first-order chi connectivity index (χ1) is 16.2. The largest absolute Gasteiger partial charge is 0.465 e. The number of fused-ring (bicyclic) bond motifs is 2. The SMILES string of the molecule is COC(=O)c1cccc(Cn2cc(CCN)c3cc(-c4ccc5ccccc5c4)ccc32)c1. The molecule has 1 heterocycles. The van der Waals surface area contributed by atoms with Crippen molar-refractivity contribution in [2.24, 2.45) is 5.73 Å². The average Bonchev–Trinajstić information content (AvgIpc) is 3.20. The maximum Gasteiger partial charge on any atom is 0.337 e. The van der Waals surface area contributed by atoms with Gasteiger partial charge in [-0.3, -0.25) is 0 Å². The van der Waals surface area contributed by atoms with Crippen LogP contribution in [-0.4, -0.2) is 24.2 Å². The van der Waals surface area contributed by atoms with E-state index in [0.717, 1.165) is 17.5 Å². The number of benzene rings is 4. The van der Waals surface area contributed by atoms with Crippen LogP contribution in [0.5, 0.6) is 0 Å². The van der Waals surface area contributed by atoms with E-state index < -0.39 is 0 Å². The topological polar surface area (TPSA) is 57.2 Å². The lowest BCUT2D eigenvalue weighted by atomic mass is 9.99. The Morgan fingerprint density at radius 3 is 2.48 bits per heavy atom. The van der Waals surface area contributed by atoms with Crippen LogP contribution in [0.3, 0.4) is 0 Å². The Hall–Kier alpha value is -3.89. The minimum Gasteiger partial charge on any atom is -0.465 e. The summed E-state index contributed by atoms with van der Waals surface area (Å²) in [6.45, 7) is 1.26. The molecule has 33 heavy (non-hydrogen) atoms. The van der Waals surface area contributed by atoms with E-state index in [-0.39, 0.29) is 5.97 Å². The second kappa shape index (κ2) is 8.93. The van der Waals surface area contributed by atoms with Gasteiger partial charge in [-0.25, -0.2) is 4.79 Å². The van der Waals surface area contributed by atoms with Gasteiger partial charge in [0.15, 0.2) is 0 Å². The van der Waals surface area contributed by atoms with E-state index in [1.54, 1.807) is 6.07 Å². The van der Waals surface area contributed by atoms with Crippen molar-refractivity contribution in [3.8, 4) is 11.1 Å². The van der Waals surface area contributed by atoms with E-state index in [2.05, 4.69) is 71.4 Å². The van der Waals surface area contributed by atoms with Gasteiger partial charge in [-0.1, -0.05) is 54.6 Å². The van der Waals surface area contributed by atoms with Crippen LogP contribution < -0.4 is 5.73 Å². The standard InChI is InChI=1S/C29H26N2O2/c1-33-29(32)25-8-4-5-20(15-25)18-31-19-26(13-14-30)27-17-24(11-12-28(27)31)23-10-9-21-6-2-3-7-22(21)16-23/h2-12,15-17,19H,13-14,18,30H2,1H3. The lowest BCUT2D eigenvalue weighted by Gasteiger charge is -2.09. The predicted molar refractivity (Wildman–Crippen MR) is 135 cm³/mol. The molecule has 0 saturated carbocycles. The summed E-state index contributed by atoms with van der Waals surface area (Å²) in [6.07, 6.45) is 3.00. The van der Waals surface area contributed by atoms with E-state index in [9.17, 15) is 4.79 Å². The molecule has 0 aliphatic carbocycles. The van der Waals surface area contributed by atoms with Crippen LogP contribution in [-0.2, 0) is 17.7 Å². The number of carbonyl (C=O) groups excluding carboxylic acids is 1. The van der Waals surface area contributed by atoms with Crippen molar-refractivity contribution < 1.29 is 9.53 Å². The Balaban J connectivity index is 1.55. The molecule has 0 amide bonds. The third-order valence-corrected chi connectivity index (χ3v) is 6.16. The van der Waals surface area contributed by atoms with Gasteiger partial charge < -0.3 is 15.0 Å². The Bertz CT molecular complexity index is 1470. The molecular formula is C29H26N2O2. The molecule has 164 valence electrons. The van der Waals surface area contributed by atoms with Crippen LogP contribution in [0.4, 0.5) is 0 Å². The van der Waals surface area contributed by atoms with Crippen molar-refractivity contribution in [1.29, 1.82) is 0 Å². The van der Waals surface area contributed by atoms with Gasteiger partial charge in [0.2, 0.25) is 0 Å². The third kappa shape index (κ3) is 4.13. The van der Waals surface area contributed by atoms with Crippen LogP contribution >= 0.6 is 0 Å². The number of hydrogen-bond donors (Lipinski definition) is 1. The van der Waals surface area contributed by atoms with E-state index in [0.29, 0.717) is 18.7 Å². The molecule has 0 saturated heterocycles. The number of methoxy groups -OCH3 is 1. The van der Waals surface area contributed by atoms with E-state index in [1.165, 1.54) is 40.0 Å². The fraction of sp³-hybridized carbons (Fsp3) is 0.138. The Morgan fingerprint density at radius 2 is 1.67 bits per heavy atom. The maximum atomic E-state index is 11.9. The van der Waals surface area contributed by atoms with Crippen molar-refractivity contribution in [3.63, 3.8) is 0 Å². The second-order valence-electron chi connectivity index (χ2n) is 8.31. The van der Waals surface area contributed by atoms with E-state index >= 15 is 0 Å². The Labute approximate surface area is 193 Å². The zero-order valence-corrected chi connectivity index (χ0v) is 18.6. The number of nitrogens with zero attached hydrogens (tertiary/aromatic N) is 1. The highest BCUT2D eigenvalue weighted by Gasteiger charge is 2.12. The quantitative estimate of drug-likeness (QED) is 0.344. The van der Waals surface area contributed by atoms with Gasteiger partial charge in [0.1, 0.15) is 0 Å². The van der Waals surface area contributed by atoms with Crippen LogP contribution in [0, 0.1) is 0 Å². The van der Waals surface area contributed by atoms with E-state index in [1.807, 2.05) is 18.2 Å². The first-order valence-electron chi connectivity index (χ1n) is 11.1. The van der Waals surface area contributed by atoms with Crippen molar-refractivity contribution >= 4 is 27.6 Å². The molecule has 0 radical (unpaired) electrons. The summed E-state index contributed by atoms with van der Waals surface area (Å²) in [5.74, 6) is -0.321. The highest BCUT2D eigenvalue weighted by molar-refractivity contribution is 5.92. The van der Waals surface area contributed by atoms with Gasteiger partial charge in [-0.05, 0) is 76.3 Å². The zero-order chi connectivity index (χ0) is 22.8. The Morgan fingerprint density at radius 1 is 0.879 bits per heavy atom. The first kappa shape index (κ1) is 21.0. The van der Waals surface area contributed by atoms with Crippen molar-refractivity contribution in [2.75, 3.05) is 13.7 Å². The van der Waals surface area contributed by atoms with E-state index in [4.69, 9.17) is 10.5 Å². The summed E-state index contributed by atoms with van der Waals surface area (Å²) in [6, 6.07) is 29.3. The minimum absolute atomic E-state index is 0.321. The molecule has 4 nitrogen and oxygen atoms in total. The lowest BCUT2D eigenvalue weighted by molar-refractivity contribution is 0.0600. The van der Waals surface area contributed by atoms with Gasteiger partial charge in [0, 0.05) is 23.6 Å². The zero-order valence-electron chi connectivity index (χ0n) is 18.6. The summed E-state index contributed by atoms with van der Waals surface area (Å²) < 4.78 is 7.11. The normalized spacial score (nSPS) is 11.2. The number of carbonyl (C=O) groups is 1. The molecule has 4 heteroatoms. The Kier molecular flexibility index (Phi) is 5.68. The van der Waals surface area contributed by atoms with Gasteiger partial charge in [0.25, 0.3) is 0 Å². The van der Waals surface area contributed by atoms with Gasteiger partial charge in [-0.15, -0.1) is 0 Å². The fourth-order valence-electron chi connectivity index (χ4n) is 4.52. The monoisotopic (exact) mass is 434 g/mol. The number of hydrogen-bond acceptors (Lipinski definition) is 3. The van der Waals surface area contributed by atoms with Crippen molar-refractivity contribution in [2.45, 2.75) is 13.0 Å². The molecule has 5 aromatic rings. The summed E-state index contributed by atoms with van der Waals surface area (Å²) in [4.78, 5) is 11.9. The summed E-state index contributed by atoms with van der Waals surface area (Å²) in [7, 11) is 1.40. The molecule has 0 fully saturated rings. The van der Waals surface area contributed by atoms with Gasteiger partial charge in [0.05, 0.1) is 12.7 Å². The molecule has 5 rings (SSSR count). The highest BCUT2D eigenvalue weighted by atomic mass is 16.5. The number of esters is 1. The van der Waals surface area contributed by atoms with Crippen molar-refractivity contribution in [1.82, 2.24) is 4.57 Å². The molecule has 4 aromatic carbocycles. The smallest absolute Gasteiger partial charge is 0.337 e. The first-order valence-corrected chi connectivity index (χ1v) is 11.1. The predicted octanol–water partition coefficient (Wildman–Crippen LogP) is 5.80. The van der Waals surface area contributed by atoms with Crippen LogP contribution in [0.2, 0.25) is 0 Å². The summed E-state index contributed by atoms with van der Waals surface area (Å²) in [5.41, 5.74) is 12.3. The number of aromatic nitrogens is 1. The summed E-state index contributed by atoms with van der Waals surface area (Å²) in [5, 5.41) is 3.70. The molecule has 0 aliphatic heterocycles. The van der Waals surface area contributed by atoms with Crippen LogP contribution in [0.1, 0.15) is 21.5 Å². The molecule has 0 bridgehead atoms. The molecule has 0 spiro atoms. The third-order valence-electron chi connectivity index (χ3n) is 6.16. The highest BCUT2D eigenvalue weighted by Crippen LogP contribution is 2.30. The minimum atomic E-state index is -0.321. The van der Waals surface area contributed by atoms with Gasteiger partial charge in [-0.2, -0.15) is 0 Å². The summed E-state index contributed by atoms with van der Waals surface area (Å²) >= 11 is 0. The number of nitrogens with two attached hydrogens (primary N) is 1. The van der Waals surface area contributed by atoms with Crippen LogP contribution in [0.25, 0.3) is 32.8 Å².